The van der Waals surface area contributed by atoms with Gasteiger partial charge in [-0.2, -0.15) is 0 Å². The quantitative estimate of drug-likeness (QED) is 0.830. The fourth-order valence-electron chi connectivity index (χ4n) is 2.39. The molecule has 1 saturated heterocycles. The lowest BCUT2D eigenvalue weighted by Crippen LogP contribution is -2.43. The number of amides is 2. The zero-order valence-corrected chi connectivity index (χ0v) is 13.4. The number of carbonyl (C=O) groups excluding carboxylic acids is 3. The lowest BCUT2D eigenvalue weighted by Gasteiger charge is -2.21. The van der Waals surface area contributed by atoms with E-state index in [1.807, 2.05) is 0 Å². The topological polar surface area (TPSA) is 80.5 Å². The molecule has 8 heteroatoms. The number of thiophene rings is 1. The lowest BCUT2D eigenvalue weighted by atomic mass is 10.1. The number of ketones is 1. The summed E-state index contributed by atoms with van der Waals surface area (Å²) in [5, 5.41) is 0. The van der Waals surface area contributed by atoms with Crippen molar-refractivity contribution < 1.29 is 14.4 Å². The van der Waals surface area contributed by atoms with E-state index in [-0.39, 0.29) is 24.5 Å². The van der Waals surface area contributed by atoms with Crippen molar-refractivity contribution in [3.8, 4) is 0 Å². The van der Waals surface area contributed by atoms with E-state index in [0.717, 1.165) is 17.8 Å². The van der Waals surface area contributed by atoms with Crippen LogP contribution in [0, 0.1) is 0 Å². The van der Waals surface area contributed by atoms with Crippen molar-refractivity contribution in [2.24, 2.45) is 5.73 Å². The molecule has 5 nitrogen and oxygen atoms in total. The molecule has 0 aromatic carbocycles. The second kappa shape index (κ2) is 6.77. The molecule has 1 aromatic heterocycles. The average Bonchev–Trinajstić information content (AvgIpc) is 3.02. The molecule has 1 aliphatic rings. The molecule has 0 unspecified atom stereocenters. The molecule has 1 fully saturated rings. The Hall–Kier alpha value is -1.11. The molecule has 0 aliphatic carbocycles. The maximum absolute atomic E-state index is 12.1. The number of hydrogen-bond donors (Lipinski definition) is 1. The number of Topliss-reactive ketones (excluding diaryl/α,β-unsaturated/α-hetero) is 1. The van der Waals surface area contributed by atoms with Crippen LogP contribution < -0.4 is 5.73 Å². The Labute approximate surface area is 136 Å². The average molecular weight is 349 g/mol. The number of hydrogen-bond acceptors (Lipinski definition) is 4. The van der Waals surface area contributed by atoms with Crippen LogP contribution in [0.1, 0.15) is 36.0 Å². The molecule has 0 bridgehead atoms. The number of nitrogens with zero attached hydrogens (tertiary/aromatic N) is 1. The minimum absolute atomic E-state index is 0.0341. The van der Waals surface area contributed by atoms with Gasteiger partial charge in [-0.25, -0.2) is 0 Å². The van der Waals surface area contributed by atoms with Gasteiger partial charge in [-0.05, 0) is 18.9 Å². The number of carbonyl (C=O) groups is 3. The third kappa shape index (κ3) is 3.75. The summed E-state index contributed by atoms with van der Waals surface area (Å²) in [6, 6.07) is 0.954. The summed E-state index contributed by atoms with van der Waals surface area (Å²) in [6.07, 6.45) is 1.40. The van der Waals surface area contributed by atoms with Crippen molar-refractivity contribution >= 4 is 52.1 Å². The molecule has 0 radical (unpaired) electrons. The highest BCUT2D eigenvalue weighted by atomic mass is 35.5. The van der Waals surface area contributed by atoms with Crippen LogP contribution in [0.2, 0.25) is 8.67 Å². The van der Waals surface area contributed by atoms with Gasteiger partial charge in [0.2, 0.25) is 11.8 Å². The van der Waals surface area contributed by atoms with Crippen LogP contribution in [0.3, 0.4) is 0 Å². The van der Waals surface area contributed by atoms with Crippen LogP contribution in [0.5, 0.6) is 0 Å². The van der Waals surface area contributed by atoms with Crippen LogP contribution in [-0.2, 0) is 9.59 Å². The zero-order chi connectivity index (χ0) is 15.6. The van der Waals surface area contributed by atoms with Crippen LogP contribution in [0.25, 0.3) is 0 Å². The number of likely N-dealkylation sites (tertiary alicyclic amines) is 1. The second-order valence-electron chi connectivity index (χ2n) is 4.81. The van der Waals surface area contributed by atoms with Gasteiger partial charge in [-0.3, -0.25) is 14.4 Å². The standard InChI is InChI=1S/C13H14Cl2N2O3S/c14-10-6-7(12(15)21-10)9(18)3-4-11(19)17-5-1-2-8(17)13(16)20/h6,8H,1-5H2,(H2,16,20)/t8-/m0/s1. The van der Waals surface area contributed by atoms with Gasteiger partial charge in [-0.1, -0.05) is 23.2 Å². The molecule has 1 atom stereocenters. The molecular weight excluding hydrogens is 335 g/mol. The molecular formula is C13H14Cl2N2O3S. The highest BCUT2D eigenvalue weighted by molar-refractivity contribution is 7.20. The molecule has 0 spiro atoms. The Morgan fingerprint density at radius 2 is 2.05 bits per heavy atom. The molecule has 1 aliphatic heterocycles. The van der Waals surface area contributed by atoms with Crippen molar-refractivity contribution in [3.63, 3.8) is 0 Å². The molecule has 21 heavy (non-hydrogen) atoms. The van der Waals surface area contributed by atoms with Crippen molar-refractivity contribution in [1.82, 2.24) is 4.90 Å². The minimum atomic E-state index is -0.549. The highest BCUT2D eigenvalue weighted by Gasteiger charge is 2.32. The maximum atomic E-state index is 12.1. The van der Waals surface area contributed by atoms with Crippen molar-refractivity contribution in [2.75, 3.05) is 6.54 Å². The number of primary amides is 1. The maximum Gasteiger partial charge on any atom is 0.240 e. The summed E-state index contributed by atoms with van der Waals surface area (Å²) in [7, 11) is 0. The molecule has 2 N–H and O–H groups in total. The Kier molecular flexibility index (Phi) is 5.24. The number of nitrogens with two attached hydrogens (primary N) is 1. The number of rotatable bonds is 5. The van der Waals surface area contributed by atoms with Crippen LogP contribution in [0.4, 0.5) is 0 Å². The van der Waals surface area contributed by atoms with Crippen molar-refractivity contribution in [1.29, 1.82) is 0 Å². The first-order valence-electron chi connectivity index (χ1n) is 6.47. The van der Waals surface area contributed by atoms with E-state index in [1.54, 1.807) is 0 Å². The Bertz CT molecular complexity index is 588. The Morgan fingerprint density at radius 3 is 2.62 bits per heavy atom. The highest BCUT2D eigenvalue weighted by Crippen LogP contribution is 2.32. The van der Waals surface area contributed by atoms with E-state index < -0.39 is 11.9 Å². The molecule has 2 rings (SSSR count). The largest absolute Gasteiger partial charge is 0.368 e. The van der Waals surface area contributed by atoms with Crippen LogP contribution in [0.15, 0.2) is 6.07 Å². The fourth-order valence-corrected chi connectivity index (χ4v) is 3.89. The first-order chi connectivity index (χ1) is 9.90. The third-order valence-corrected chi connectivity index (χ3v) is 4.91. The summed E-state index contributed by atoms with van der Waals surface area (Å²) >= 11 is 12.8. The van der Waals surface area contributed by atoms with Crippen LogP contribution >= 0.6 is 34.5 Å². The molecule has 114 valence electrons. The number of halogens is 2. The first-order valence-corrected chi connectivity index (χ1v) is 8.04. The Morgan fingerprint density at radius 1 is 1.33 bits per heavy atom. The summed E-state index contributed by atoms with van der Waals surface area (Å²) in [4.78, 5) is 36.8. The molecule has 1 aromatic rings. The monoisotopic (exact) mass is 348 g/mol. The predicted octanol–water partition coefficient (Wildman–Crippen LogP) is 2.49. The lowest BCUT2D eigenvalue weighted by molar-refractivity contribution is -0.137. The van der Waals surface area contributed by atoms with Gasteiger partial charge in [0.05, 0.1) is 4.34 Å². The van der Waals surface area contributed by atoms with Gasteiger partial charge in [0.15, 0.2) is 5.78 Å². The van der Waals surface area contributed by atoms with Gasteiger partial charge in [0.1, 0.15) is 10.4 Å². The summed E-state index contributed by atoms with van der Waals surface area (Å²) in [6.45, 7) is 0.506. The van der Waals surface area contributed by atoms with E-state index in [9.17, 15) is 14.4 Å². The smallest absolute Gasteiger partial charge is 0.240 e. The fraction of sp³-hybridized carbons (Fsp3) is 0.462. The molecule has 2 heterocycles. The van der Waals surface area contributed by atoms with Gasteiger partial charge in [-0.15, -0.1) is 11.3 Å². The van der Waals surface area contributed by atoms with E-state index in [0.29, 0.717) is 27.2 Å². The minimum Gasteiger partial charge on any atom is -0.368 e. The zero-order valence-electron chi connectivity index (χ0n) is 11.1. The summed E-state index contributed by atoms with van der Waals surface area (Å²) < 4.78 is 0.761. The SMILES string of the molecule is NC(=O)[C@@H]1CCCN1C(=O)CCC(=O)c1cc(Cl)sc1Cl. The van der Waals surface area contributed by atoms with Gasteiger partial charge >= 0.3 is 0 Å². The van der Waals surface area contributed by atoms with Crippen molar-refractivity contribution in [3.05, 3.63) is 20.3 Å². The van der Waals surface area contributed by atoms with E-state index in [4.69, 9.17) is 28.9 Å². The summed E-state index contributed by atoms with van der Waals surface area (Å²) in [5.74, 6) is -0.965. The van der Waals surface area contributed by atoms with E-state index >= 15 is 0 Å². The normalized spacial score (nSPS) is 18.0. The predicted molar refractivity (Wildman–Crippen MR) is 81.8 cm³/mol. The third-order valence-electron chi connectivity index (χ3n) is 3.42. The van der Waals surface area contributed by atoms with E-state index in [1.165, 1.54) is 11.0 Å². The second-order valence-corrected chi connectivity index (χ2v) is 7.09. The van der Waals surface area contributed by atoms with Gasteiger partial charge < -0.3 is 10.6 Å². The summed E-state index contributed by atoms with van der Waals surface area (Å²) in [5.41, 5.74) is 5.61. The molecule has 2 amide bonds. The van der Waals surface area contributed by atoms with Gasteiger partial charge in [0.25, 0.3) is 0 Å². The van der Waals surface area contributed by atoms with Gasteiger partial charge in [0, 0.05) is 24.9 Å². The Balaban J connectivity index is 1.93. The van der Waals surface area contributed by atoms with E-state index in [2.05, 4.69) is 0 Å². The molecule has 0 saturated carbocycles. The van der Waals surface area contributed by atoms with Crippen LogP contribution in [-0.4, -0.2) is 35.1 Å². The first kappa shape index (κ1) is 16.3. The van der Waals surface area contributed by atoms with Crippen molar-refractivity contribution in [2.45, 2.75) is 31.7 Å².